The monoisotopic (exact) mass is 413 g/mol. The van der Waals surface area contributed by atoms with Crippen molar-refractivity contribution in [2.75, 3.05) is 31.1 Å². The van der Waals surface area contributed by atoms with Gasteiger partial charge in [-0.1, -0.05) is 19.3 Å². The standard InChI is InChI=1S/C25H39N3O2/c29-25-11-5-15-28(25)23-12-13-24(30-16-6-8-20-7-4-14-26-18-20)21(17-23)19-27-22-9-2-1-3-10-22/h12-13,17,20,22,26-27H,1-11,14-16,18-19H2. The topological polar surface area (TPSA) is 53.6 Å². The van der Waals surface area contributed by atoms with Crippen LogP contribution in [0.1, 0.15) is 76.2 Å². The predicted molar refractivity (Wildman–Crippen MR) is 122 cm³/mol. The molecule has 5 nitrogen and oxygen atoms in total. The van der Waals surface area contributed by atoms with Crippen molar-refractivity contribution in [1.29, 1.82) is 0 Å². The van der Waals surface area contributed by atoms with Gasteiger partial charge in [-0.25, -0.2) is 0 Å². The zero-order valence-electron chi connectivity index (χ0n) is 18.5. The number of rotatable bonds is 9. The third kappa shape index (κ3) is 5.98. The molecule has 2 N–H and O–H groups in total. The van der Waals surface area contributed by atoms with Gasteiger partial charge < -0.3 is 20.3 Å². The molecule has 3 aliphatic rings. The quantitative estimate of drug-likeness (QED) is 0.590. The fraction of sp³-hybridized carbons (Fsp3) is 0.720. The molecule has 1 saturated carbocycles. The van der Waals surface area contributed by atoms with Crippen molar-refractivity contribution in [2.24, 2.45) is 5.92 Å². The van der Waals surface area contributed by atoms with Gasteiger partial charge in [0.2, 0.25) is 5.91 Å². The van der Waals surface area contributed by atoms with Crippen molar-refractivity contribution >= 4 is 11.6 Å². The van der Waals surface area contributed by atoms with E-state index in [0.29, 0.717) is 12.5 Å². The highest BCUT2D eigenvalue weighted by molar-refractivity contribution is 5.95. The van der Waals surface area contributed by atoms with E-state index in [1.807, 2.05) is 4.90 Å². The number of anilines is 1. The highest BCUT2D eigenvalue weighted by atomic mass is 16.5. The molecule has 0 bridgehead atoms. The van der Waals surface area contributed by atoms with Crippen LogP contribution in [0.4, 0.5) is 5.69 Å². The first-order valence-corrected chi connectivity index (χ1v) is 12.3. The number of hydrogen-bond donors (Lipinski definition) is 2. The van der Waals surface area contributed by atoms with E-state index in [4.69, 9.17) is 4.74 Å². The molecule has 5 heteroatoms. The Hall–Kier alpha value is -1.59. The number of nitrogens with zero attached hydrogens (tertiary/aromatic N) is 1. The first-order valence-electron chi connectivity index (χ1n) is 12.3. The lowest BCUT2D eigenvalue weighted by molar-refractivity contribution is -0.117. The van der Waals surface area contributed by atoms with Crippen molar-refractivity contribution in [2.45, 2.75) is 83.2 Å². The molecule has 1 aliphatic carbocycles. The Bertz CT molecular complexity index is 681. The molecular formula is C25H39N3O2. The van der Waals surface area contributed by atoms with Gasteiger partial charge in [0.1, 0.15) is 5.75 Å². The van der Waals surface area contributed by atoms with Crippen LogP contribution in [0.25, 0.3) is 0 Å². The van der Waals surface area contributed by atoms with Gasteiger partial charge in [0.05, 0.1) is 6.61 Å². The lowest BCUT2D eigenvalue weighted by Crippen LogP contribution is -2.31. The van der Waals surface area contributed by atoms with E-state index in [1.165, 1.54) is 63.5 Å². The third-order valence-electron chi connectivity index (χ3n) is 7.03. The molecule has 0 spiro atoms. The lowest BCUT2D eigenvalue weighted by atomic mass is 9.95. The number of benzene rings is 1. The summed E-state index contributed by atoms with van der Waals surface area (Å²) in [7, 11) is 0. The maximum Gasteiger partial charge on any atom is 0.227 e. The Morgan fingerprint density at radius 1 is 1.10 bits per heavy atom. The van der Waals surface area contributed by atoms with Crippen LogP contribution < -0.4 is 20.3 Å². The average Bonchev–Trinajstić information content (AvgIpc) is 3.23. The highest BCUT2D eigenvalue weighted by Gasteiger charge is 2.23. The van der Waals surface area contributed by atoms with Gasteiger partial charge in [-0.2, -0.15) is 0 Å². The summed E-state index contributed by atoms with van der Waals surface area (Å²) in [4.78, 5) is 14.1. The fourth-order valence-corrected chi connectivity index (χ4v) is 5.22. The van der Waals surface area contributed by atoms with E-state index in [-0.39, 0.29) is 5.91 Å². The minimum atomic E-state index is 0.246. The molecule has 3 fully saturated rings. The molecule has 1 unspecified atom stereocenters. The molecule has 0 radical (unpaired) electrons. The van der Waals surface area contributed by atoms with Crippen molar-refractivity contribution < 1.29 is 9.53 Å². The van der Waals surface area contributed by atoms with Crippen molar-refractivity contribution in [1.82, 2.24) is 10.6 Å². The zero-order chi connectivity index (χ0) is 20.6. The predicted octanol–water partition coefficient (Wildman–Crippen LogP) is 4.39. The molecule has 1 aromatic carbocycles. The van der Waals surface area contributed by atoms with Gasteiger partial charge >= 0.3 is 0 Å². The molecule has 2 heterocycles. The normalized spacial score (nSPS) is 23.1. The van der Waals surface area contributed by atoms with Gasteiger partial charge in [0.15, 0.2) is 0 Å². The number of piperidine rings is 1. The molecule has 166 valence electrons. The molecule has 1 amide bonds. The smallest absolute Gasteiger partial charge is 0.227 e. The average molecular weight is 414 g/mol. The van der Waals surface area contributed by atoms with Crippen LogP contribution in [-0.2, 0) is 11.3 Å². The molecule has 2 saturated heterocycles. The van der Waals surface area contributed by atoms with Crippen LogP contribution in [-0.4, -0.2) is 38.2 Å². The second-order valence-corrected chi connectivity index (χ2v) is 9.36. The van der Waals surface area contributed by atoms with E-state index in [9.17, 15) is 4.79 Å². The molecular weight excluding hydrogens is 374 g/mol. The Labute approximate surface area is 181 Å². The summed E-state index contributed by atoms with van der Waals surface area (Å²) in [6, 6.07) is 6.94. The number of carbonyl (C=O) groups excluding carboxylic acids is 1. The molecule has 1 aromatic rings. The Kier molecular flexibility index (Phi) is 8.04. The summed E-state index contributed by atoms with van der Waals surface area (Å²) in [6.45, 7) is 4.77. The van der Waals surface area contributed by atoms with Gasteiger partial charge in [0.25, 0.3) is 0 Å². The van der Waals surface area contributed by atoms with Crippen molar-refractivity contribution in [3.63, 3.8) is 0 Å². The highest BCUT2D eigenvalue weighted by Crippen LogP contribution is 2.29. The van der Waals surface area contributed by atoms with Crippen LogP contribution in [0.3, 0.4) is 0 Å². The molecule has 30 heavy (non-hydrogen) atoms. The number of hydrogen-bond acceptors (Lipinski definition) is 4. The Morgan fingerprint density at radius 2 is 2.00 bits per heavy atom. The largest absolute Gasteiger partial charge is 0.493 e. The van der Waals surface area contributed by atoms with E-state index in [0.717, 1.165) is 56.4 Å². The summed E-state index contributed by atoms with van der Waals surface area (Å²) in [5.41, 5.74) is 2.22. The number of amides is 1. The first kappa shape index (κ1) is 21.6. The minimum absolute atomic E-state index is 0.246. The van der Waals surface area contributed by atoms with Gasteiger partial charge in [-0.15, -0.1) is 0 Å². The summed E-state index contributed by atoms with van der Waals surface area (Å²) in [5.74, 6) is 2.03. The van der Waals surface area contributed by atoms with Gasteiger partial charge in [-0.3, -0.25) is 4.79 Å². The second-order valence-electron chi connectivity index (χ2n) is 9.36. The van der Waals surface area contributed by atoms with E-state index in [1.54, 1.807) is 0 Å². The second kappa shape index (κ2) is 11.1. The van der Waals surface area contributed by atoms with Crippen LogP contribution >= 0.6 is 0 Å². The number of carbonyl (C=O) groups is 1. The lowest BCUT2D eigenvalue weighted by Gasteiger charge is -2.25. The van der Waals surface area contributed by atoms with Crippen molar-refractivity contribution in [3.8, 4) is 5.75 Å². The molecule has 1 atom stereocenters. The molecule has 2 aliphatic heterocycles. The van der Waals surface area contributed by atoms with Gasteiger partial charge in [0, 0.05) is 36.8 Å². The SMILES string of the molecule is O=C1CCCN1c1ccc(OCCCC2CCCNC2)c(CNC2CCCCC2)c1. The van der Waals surface area contributed by atoms with E-state index >= 15 is 0 Å². The summed E-state index contributed by atoms with van der Waals surface area (Å²) >= 11 is 0. The first-order chi connectivity index (χ1) is 14.8. The van der Waals surface area contributed by atoms with Crippen molar-refractivity contribution in [3.05, 3.63) is 23.8 Å². The minimum Gasteiger partial charge on any atom is -0.493 e. The maximum absolute atomic E-state index is 12.2. The van der Waals surface area contributed by atoms with Crippen LogP contribution in [0.2, 0.25) is 0 Å². The summed E-state index contributed by atoms with van der Waals surface area (Å²) < 4.78 is 6.25. The van der Waals surface area contributed by atoms with E-state index < -0.39 is 0 Å². The number of nitrogens with one attached hydrogen (secondary N) is 2. The fourth-order valence-electron chi connectivity index (χ4n) is 5.22. The summed E-state index contributed by atoms with van der Waals surface area (Å²) in [6.07, 6.45) is 13.2. The maximum atomic E-state index is 12.2. The number of ether oxygens (including phenoxy) is 1. The zero-order valence-corrected chi connectivity index (χ0v) is 18.5. The van der Waals surface area contributed by atoms with Crippen LogP contribution in [0.15, 0.2) is 18.2 Å². The van der Waals surface area contributed by atoms with Crippen LogP contribution in [0.5, 0.6) is 5.75 Å². The molecule has 0 aromatic heterocycles. The molecule has 4 rings (SSSR count). The van der Waals surface area contributed by atoms with Crippen LogP contribution in [0, 0.1) is 5.92 Å². The van der Waals surface area contributed by atoms with Gasteiger partial charge in [-0.05, 0) is 82.2 Å². The summed E-state index contributed by atoms with van der Waals surface area (Å²) in [5, 5.41) is 7.26. The Morgan fingerprint density at radius 3 is 2.77 bits per heavy atom. The van der Waals surface area contributed by atoms with E-state index in [2.05, 4.69) is 28.8 Å². The third-order valence-corrected chi connectivity index (χ3v) is 7.03. The Balaban J connectivity index is 1.36.